The fourth-order valence-electron chi connectivity index (χ4n) is 5.74. The van der Waals surface area contributed by atoms with Crippen molar-refractivity contribution >= 4 is 43.4 Å². The zero-order chi connectivity index (χ0) is 22.2. The van der Waals surface area contributed by atoms with Gasteiger partial charge in [-0.15, -0.1) is 0 Å². The molecule has 0 aliphatic carbocycles. The van der Waals surface area contributed by atoms with Crippen LogP contribution < -0.4 is 4.74 Å². The Morgan fingerprint density at radius 3 is 2.21 bits per heavy atom. The van der Waals surface area contributed by atoms with E-state index in [0.717, 1.165) is 17.1 Å². The van der Waals surface area contributed by atoms with E-state index in [-0.39, 0.29) is 0 Å². The van der Waals surface area contributed by atoms with Crippen LogP contribution in [0.1, 0.15) is 0 Å². The highest BCUT2D eigenvalue weighted by Crippen LogP contribution is 2.48. The van der Waals surface area contributed by atoms with Gasteiger partial charge in [0.2, 0.25) is 0 Å². The van der Waals surface area contributed by atoms with Crippen molar-refractivity contribution in [2.75, 3.05) is 0 Å². The number of benzene rings is 6. The molecule has 8 rings (SSSR count). The van der Waals surface area contributed by atoms with E-state index in [4.69, 9.17) is 4.74 Å². The van der Waals surface area contributed by atoms with Gasteiger partial charge in [-0.2, -0.15) is 0 Å². The third kappa shape index (κ3) is 2.24. The summed E-state index contributed by atoms with van der Waals surface area (Å²) in [4.78, 5) is 0. The highest BCUT2D eigenvalue weighted by atomic mass is 16.5. The molecule has 0 bridgehead atoms. The molecule has 2 heteroatoms. The molecule has 0 fully saturated rings. The summed E-state index contributed by atoms with van der Waals surface area (Å²) in [5.41, 5.74) is 6.00. The molecule has 0 unspecified atom stereocenters. The van der Waals surface area contributed by atoms with Crippen molar-refractivity contribution in [3.8, 4) is 28.3 Å². The molecule has 0 saturated heterocycles. The molecule has 0 radical (unpaired) electrons. The van der Waals surface area contributed by atoms with E-state index in [2.05, 4.69) is 108 Å². The molecule has 1 aromatic heterocycles. The largest absolute Gasteiger partial charge is 0.456 e. The van der Waals surface area contributed by atoms with Crippen molar-refractivity contribution in [2.45, 2.75) is 0 Å². The average Bonchev–Trinajstić information content (AvgIpc) is 3.24. The molecule has 0 amide bonds. The number of hydrogen-bond acceptors (Lipinski definition) is 1. The number of aromatic nitrogens is 1. The lowest BCUT2D eigenvalue weighted by Gasteiger charge is -2.23. The standard InChI is InChI=1S/C32H19NO/c1-2-9-21-20(8-1)16-17-25-22-10-3-5-14-27(22)33(32(21)25)28-18-19-30-31-24(12-7-13-26(28)31)23-11-4-6-15-29(23)34-30/h1-19H. The second-order valence-corrected chi connectivity index (χ2v) is 8.94. The number of ether oxygens (including phenoxy) is 1. The summed E-state index contributed by atoms with van der Waals surface area (Å²) in [5.74, 6) is 1.83. The van der Waals surface area contributed by atoms with Crippen LogP contribution in [0.25, 0.3) is 60.2 Å². The highest BCUT2D eigenvalue weighted by Gasteiger charge is 2.23. The van der Waals surface area contributed by atoms with Gasteiger partial charge in [-0.1, -0.05) is 91.0 Å². The quantitative estimate of drug-likeness (QED) is 0.252. The molecule has 2 heterocycles. The third-order valence-corrected chi connectivity index (χ3v) is 7.18. The minimum absolute atomic E-state index is 0.915. The van der Waals surface area contributed by atoms with Crippen LogP contribution in [0.15, 0.2) is 115 Å². The monoisotopic (exact) mass is 433 g/mol. The Balaban J connectivity index is 1.57. The van der Waals surface area contributed by atoms with Crippen LogP contribution in [0.3, 0.4) is 0 Å². The predicted molar refractivity (Wildman–Crippen MR) is 141 cm³/mol. The van der Waals surface area contributed by atoms with Crippen LogP contribution in [-0.4, -0.2) is 4.57 Å². The molecule has 0 saturated carbocycles. The van der Waals surface area contributed by atoms with Gasteiger partial charge in [-0.05, 0) is 35.2 Å². The number of fused-ring (bicyclic) bond motifs is 7. The SMILES string of the molecule is c1ccc2c(c1)Oc1ccc(-n3c4ccccc4c4ccc5ccccc5c43)c3cccc-2c13. The molecule has 34 heavy (non-hydrogen) atoms. The summed E-state index contributed by atoms with van der Waals surface area (Å²) in [6.45, 7) is 0. The van der Waals surface area contributed by atoms with E-state index < -0.39 is 0 Å². The summed E-state index contributed by atoms with van der Waals surface area (Å²) in [7, 11) is 0. The lowest BCUT2D eigenvalue weighted by molar-refractivity contribution is 0.487. The predicted octanol–water partition coefficient (Wildman–Crippen LogP) is 8.86. The van der Waals surface area contributed by atoms with Crippen molar-refractivity contribution < 1.29 is 4.74 Å². The molecule has 0 N–H and O–H groups in total. The summed E-state index contributed by atoms with van der Waals surface area (Å²) in [6.07, 6.45) is 0. The number of para-hydroxylation sites is 2. The Morgan fingerprint density at radius 2 is 1.24 bits per heavy atom. The maximum atomic E-state index is 6.36. The molecule has 1 aliphatic rings. The van der Waals surface area contributed by atoms with E-state index in [1.54, 1.807) is 0 Å². The van der Waals surface area contributed by atoms with Crippen molar-refractivity contribution in [2.24, 2.45) is 0 Å². The zero-order valence-electron chi connectivity index (χ0n) is 18.3. The fraction of sp³-hybridized carbons (Fsp3) is 0. The highest BCUT2D eigenvalue weighted by molar-refractivity contribution is 6.20. The van der Waals surface area contributed by atoms with E-state index >= 15 is 0 Å². The Morgan fingerprint density at radius 1 is 0.471 bits per heavy atom. The molecule has 2 nitrogen and oxygen atoms in total. The second-order valence-electron chi connectivity index (χ2n) is 8.94. The minimum Gasteiger partial charge on any atom is -0.456 e. The van der Waals surface area contributed by atoms with Crippen molar-refractivity contribution in [1.82, 2.24) is 4.57 Å². The van der Waals surface area contributed by atoms with Gasteiger partial charge in [-0.3, -0.25) is 0 Å². The van der Waals surface area contributed by atoms with Crippen LogP contribution in [-0.2, 0) is 0 Å². The molecule has 7 aromatic rings. The molecular formula is C32H19NO. The van der Waals surface area contributed by atoms with E-state index in [1.165, 1.54) is 54.6 Å². The molecule has 158 valence electrons. The van der Waals surface area contributed by atoms with Crippen LogP contribution in [0.5, 0.6) is 11.5 Å². The fourth-order valence-corrected chi connectivity index (χ4v) is 5.74. The summed E-state index contributed by atoms with van der Waals surface area (Å²) in [5, 5.41) is 7.42. The molecule has 6 aromatic carbocycles. The summed E-state index contributed by atoms with van der Waals surface area (Å²) < 4.78 is 8.80. The average molecular weight is 434 g/mol. The Kier molecular flexibility index (Phi) is 3.42. The lowest BCUT2D eigenvalue weighted by atomic mass is 9.94. The first-order valence-corrected chi connectivity index (χ1v) is 11.6. The summed E-state index contributed by atoms with van der Waals surface area (Å²) in [6, 6.07) is 41.1. The van der Waals surface area contributed by atoms with E-state index in [9.17, 15) is 0 Å². The van der Waals surface area contributed by atoms with Crippen molar-refractivity contribution in [3.05, 3.63) is 115 Å². The number of rotatable bonds is 1. The van der Waals surface area contributed by atoms with Gasteiger partial charge in [0.15, 0.2) is 0 Å². The van der Waals surface area contributed by atoms with Crippen LogP contribution in [0.4, 0.5) is 0 Å². The van der Waals surface area contributed by atoms with Crippen LogP contribution in [0, 0.1) is 0 Å². The number of hydrogen-bond donors (Lipinski definition) is 0. The van der Waals surface area contributed by atoms with E-state index in [0.29, 0.717) is 0 Å². The van der Waals surface area contributed by atoms with Crippen LogP contribution >= 0.6 is 0 Å². The minimum atomic E-state index is 0.915. The second kappa shape index (κ2) is 6.49. The Hall–Kier alpha value is -4.56. The van der Waals surface area contributed by atoms with Gasteiger partial charge in [0.05, 0.1) is 16.7 Å². The number of nitrogens with zero attached hydrogens (tertiary/aromatic N) is 1. The molecular weight excluding hydrogens is 414 g/mol. The molecule has 1 aliphatic heterocycles. The van der Waals surface area contributed by atoms with Gasteiger partial charge in [-0.25, -0.2) is 0 Å². The summed E-state index contributed by atoms with van der Waals surface area (Å²) >= 11 is 0. The van der Waals surface area contributed by atoms with Crippen molar-refractivity contribution in [1.29, 1.82) is 0 Å². The lowest BCUT2D eigenvalue weighted by Crippen LogP contribution is -2.01. The Labute approximate surface area is 196 Å². The molecule has 0 spiro atoms. The normalized spacial score (nSPS) is 12.4. The maximum Gasteiger partial charge on any atom is 0.136 e. The van der Waals surface area contributed by atoms with Gasteiger partial charge in [0.25, 0.3) is 0 Å². The molecule has 0 atom stereocenters. The Bertz CT molecular complexity index is 1940. The maximum absolute atomic E-state index is 6.36. The smallest absolute Gasteiger partial charge is 0.136 e. The first kappa shape index (κ1) is 17.9. The van der Waals surface area contributed by atoms with Crippen LogP contribution in [0.2, 0.25) is 0 Å². The zero-order valence-corrected chi connectivity index (χ0v) is 18.3. The van der Waals surface area contributed by atoms with Crippen molar-refractivity contribution in [3.63, 3.8) is 0 Å². The third-order valence-electron chi connectivity index (χ3n) is 7.18. The van der Waals surface area contributed by atoms with Gasteiger partial charge >= 0.3 is 0 Å². The van der Waals surface area contributed by atoms with Gasteiger partial charge < -0.3 is 9.30 Å². The first-order valence-electron chi connectivity index (χ1n) is 11.6. The van der Waals surface area contributed by atoms with Gasteiger partial charge in [0.1, 0.15) is 11.5 Å². The van der Waals surface area contributed by atoms with Gasteiger partial charge in [0, 0.05) is 32.5 Å². The topological polar surface area (TPSA) is 14.2 Å². The first-order chi connectivity index (χ1) is 16.9. The van der Waals surface area contributed by atoms with E-state index in [1.807, 2.05) is 12.1 Å².